The zero-order valence-corrected chi connectivity index (χ0v) is 11.8. The van der Waals surface area contributed by atoms with Crippen molar-refractivity contribution < 1.29 is 0 Å². The summed E-state index contributed by atoms with van der Waals surface area (Å²) in [4.78, 5) is 8.16. The number of aromatic nitrogens is 2. The number of hydrogen-bond donors (Lipinski definition) is 3. The van der Waals surface area contributed by atoms with Gasteiger partial charge in [0.05, 0.1) is 10.7 Å². The highest BCUT2D eigenvalue weighted by Gasteiger charge is 2.05. The molecule has 2 aromatic rings. The van der Waals surface area contributed by atoms with Gasteiger partial charge in [0.15, 0.2) is 0 Å². The molecule has 0 aliphatic carbocycles. The third kappa shape index (κ3) is 3.62. The maximum Gasteiger partial charge on any atom is 0.223 e. The molecular weight excluding hydrogens is 285 g/mol. The van der Waals surface area contributed by atoms with E-state index in [0.717, 1.165) is 6.54 Å². The Morgan fingerprint density at radius 2 is 1.89 bits per heavy atom. The number of nitrogens with zero attached hydrogens (tertiary/aromatic N) is 2. The van der Waals surface area contributed by atoms with Crippen LogP contribution in [0, 0.1) is 0 Å². The van der Waals surface area contributed by atoms with Crippen molar-refractivity contribution in [3.63, 3.8) is 0 Å². The summed E-state index contributed by atoms with van der Waals surface area (Å²) in [6, 6.07) is 6.92. The number of nitrogen functional groups attached to an aromatic ring is 1. The average molecular weight is 298 g/mol. The Hall–Kier alpha value is -1.72. The van der Waals surface area contributed by atoms with Crippen molar-refractivity contribution in [1.82, 2.24) is 9.97 Å². The Labute approximate surface area is 121 Å². The Bertz CT molecular complexity index is 588. The molecule has 0 saturated carbocycles. The fraction of sp³-hybridized carbons (Fsp3) is 0.167. The van der Waals surface area contributed by atoms with Gasteiger partial charge < -0.3 is 16.4 Å². The second-order valence-corrected chi connectivity index (χ2v) is 4.62. The van der Waals surface area contributed by atoms with E-state index in [-0.39, 0.29) is 5.95 Å². The van der Waals surface area contributed by atoms with Crippen LogP contribution in [0.5, 0.6) is 0 Å². The standard InChI is InChI=1S/C12H13Cl2N5/c1-2-16-10-6-11(19-12(15)18-10)17-9-4-3-7(13)5-8(9)14/h3-6H,2H2,1H3,(H4,15,16,17,18,19). The van der Waals surface area contributed by atoms with E-state index in [9.17, 15) is 0 Å². The normalized spacial score (nSPS) is 10.3. The molecule has 7 heteroatoms. The second-order valence-electron chi connectivity index (χ2n) is 3.78. The Balaban J connectivity index is 2.27. The predicted octanol–water partition coefficient (Wildman–Crippen LogP) is 3.54. The average Bonchev–Trinajstić information content (AvgIpc) is 2.32. The van der Waals surface area contributed by atoms with Crippen LogP contribution in [0.25, 0.3) is 0 Å². The Morgan fingerprint density at radius 3 is 2.58 bits per heavy atom. The lowest BCUT2D eigenvalue weighted by molar-refractivity contribution is 1.12. The number of rotatable bonds is 4. The largest absolute Gasteiger partial charge is 0.370 e. The summed E-state index contributed by atoms with van der Waals surface area (Å²) in [6.07, 6.45) is 0. The molecule has 1 aromatic heterocycles. The maximum atomic E-state index is 6.08. The first kappa shape index (κ1) is 13.7. The van der Waals surface area contributed by atoms with Gasteiger partial charge in [0.25, 0.3) is 0 Å². The monoisotopic (exact) mass is 297 g/mol. The van der Waals surface area contributed by atoms with Gasteiger partial charge in [0.1, 0.15) is 11.6 Å². The molecule has 0 radical (unpaired) electrons. The van der Waals surface area contributed by atoms with Gasteiger partial charge in [0, 0.05) is 17.6 Å². The van der Waals surface area contributed by atoms with Crippen molar-refractivity contribution in [2.24, 2.45) is 0 Å². The summed E-state index contributed by atoms with van der Waals surface area (Å²) in [5.74, 6) is 1.40. The van der Waals surface area contributed by atoms with Crippen LogP contribution >= 0.6 is 23.2 Å². The number of benzene rings is 1. The molecule has 0 amide bonds. The summed E-state index contributed by atoms with van der Waals surface area (Å²) < 4.78 is 0. The third-order valence-corrected chi connectivity index (χ3v) is 2.84. The lowest BCUT2D eigenvalue weighted by Gasteiger charge is -2.10. The Kier molecular flexibility index (Phi) is 4.29. The van der Waals surface area contributed by atoms with Crippen molar-refractivity contribution in [2.45, 2.75) is 6.92 Å². The van der Waals surface area contributed by atoms with Gasteiger partial charge >= 0.3 is 0 Å². The molecule has 0 atom stereocenters. The molecule has 2 rings (SSSR count). The van der Waals surface area contributed by atoms with Crippen molar-refractivity contribution in [2.75, 3.05) is 22.9 Å². The molecule has 100 valence electrons. The highest BCUT2D eigenvalue weighted by molar-refractivity contribution is 6.36. The summed E-state index contributed by atoms with van der Waals surface area (Å²) in [7, 11) is 0. The molecule has 0 aliphatic rings. The number of halogens is 2. The molecule has 5 nitrogen and oxygen atoms in total. The van der Waals surface area contributed by atoms with Crippen LogP contribution in [0.4, 0.5) is 23.3 Å². The number of nitrogens with one attached hydrogen (secondary N) is 2. The molecule has 4 N–H and O–H groups in total. The van der Waals surface area contributed by atoms with Crippen LogP contribution < -0.4 is 16.4 Å². The number of anilines is 4. The summed E-state index contributed by atoms with van der Waals surface area (Å²) >= 11 is 11.9. The molecule has 19 heavy (non-hydrogen) atoms. The maximum absolute atomic E-state index is 6.08. The zero-order chi connectivity index (χ0) is 13.8. The summed E-state index contributed by atoms with van der Waals surface area (Å²) in [5, 5.41) is 7.23. The molecule has 0 aliphatic heterocycles. The van der Waals surface area contributed by atoms with Crippen LogP contribution in [-0.4, -0.2) is 16.5 Å². The lowest BCUT2D eigenvalue weighted by atomic mass is 10.3. The van der Waals surface area contributed by atoms with Gasteiger partial charge in [-0.15, -0.1) is 0 Å². The fourth-order valence-corrected chi connectivity index (χ4v) is 1.99. The molecule has 0 unspecified atom stereocenters. The summed E-state index contributed by atoms with van der Waals surface area (Å²) in [6.45, 7) is 2.72. The molecular formula is C12H13Cl2N5. The van der Waals surface area contributed by atoms with E-state index in [2.05, 4.69) is 20.6 Å². The van der Waals surface area contributed by atoms with Gasteiger partial charge in [-0.1, -0.05) is 23.2 Å². The number of hydrogen-bond acceptors (Lipinski definition) is 5. The van der Waals surface area contributed by atoms with Crippen molar-refractivity contribution in [3.8, 4) is 0 Å². The highest BCUT2D eigenvalue weighted by Crippen LogP contribution is 2.28. The SMILES string of the molecule is CCNc1cc(Nc2ccc(Cl)cc2Cl)nc(N)n1. The minimum absolute atomic E-state index is 0.186. The van der Waals surface area contributed by atoms with Crippen molar-refractivity contribution in [1.29, 1.82) is 0 Å². The smallest absolute Gasteiger partial charge is 0.223 e. The molecule has 0 bridgehead atoms. The van der Waals surface area contributed by atoms with E-state index in [4.69, 9.17) is 28.9 Å². The first-order chi connectivity index (χ1) is 9.08. The lowest BCUT2D eigenvalue weighted by Crippen LogP contribution is -2.05. The van der Waals surface area contributed by atoms with Crippen LogP contribution in [-0.2, 0) is 0 Å². The van der Waals surface area contributed by atoms with E-state index < -0.39 is 0 Å². The molecule has 0 spiro atoms. The van der Waals surface area contributed by atoms with Gasteiger partial charge in [-0.2, -0.15) is 9.97 Å². The third-order valence-electron chi connectivity index (χ3n) is 2.30. The van der Waals surface area contributed by atoms with Gasteiger partial charge in [-0.05, 0) is 25.1 Å². The highest BCUT2D eigenvalue weighted by atomic mass is 35.5. The second kappa shape index (κ2) is 5.95. The Morgan fingerprint density at radius 1 is 1.16 bits per heavy atom. The van der Waals surface area contributed by atoms with E-state index in [1.54, 1.807) is 24.3 Å². The zero-order valence-electron chi connectivity index (χ0n) is 10.2. The van der Waals surface area contributed by atoms with Crippen molar-refractivity contribution in [3.05, 3.63) is 34.3 Å². The van der Waals surface area contributed by atoms with Gasteiger partial charge in [-0.25, -0.2) is 0 Å². The molecule has 0 fully saturated rings. The van der Waals surface area contributed by atoms with Gasteiger partial charge in [-0.3, -0.25) is 0 Å². The van der Waals surface area contributed by atoms with Crippen LogP contribution in [0.1, 0.15) is 6.92 Å². The minimum Gasteiger partial charge on any atom is -0.370 e. The molecule has 1 aromatic carbocycles. The van der Waals surface area contributed by atoms with E-state index in [0.29, 0.717) is 27.4 Å². The number of nitrogens with two attached hydrogens (primary N) is 1. The van der Waals surface area contributed by atoms with Crippen LogP contribution in [0.15, 0.2) is 24.3 Å². The van der Waals surface area contributed by atoms with E-state index in [1.165, 1.54) is 0 Å². The van der Waals surface area contributed by atoms with Crippen molar-refractivity contribution >= 4 is 46.5 Å². The first-order valence-corrected chi connectivity index (χ1v) is 6.44. The quantitative estimate of drug-likeness (QED) is 0.805. The van der Waals surface area contributed by atoms with Crippen LogP contribution in [0.3, 0.4) is 0 Å². The van der Waals surface area contributed by atoms with Gasteiger partial charge in [0.2, 0.25) is 5.95 Å². The molecule has 0 saturated heterocycles. The fourth-order valence-electron chi connectivity index (χ4n) is 1.53. The summed E-state index contributed by atoms with van der Waals surface area (Å²) in [5.41, 5.74) is 6.35. The minimum atomic E-state index is 0.186. The van der Waals surface area contributed by atoms with E-state index >= 15 is 0 Å². The first-order valence-electron chi connectivity index (χ1n) is 5.69. The predicted molar refractivity (Wildman–Crippen MR) is 80.4 cm³/mol. The molecule has 1 heterocycles. The van der Waals surface area contributed by atoms with Crippen LogP contribution in [0.2, 0.25) is 10.0 Å². The van der Waals surface area contributed by atoms with E-state index in [1.807, 2.05) is 6.92 Å². The topological polar surface area (TPSA) is 75.9 Å².